The molecule has 0 spiro atoms. The second-order valence-electron chi connectivity index (χ2n) is 8.91. The first-order valence-corrected chi connectivity index (χ1v) is 12.8. The molecular weight excluding hydrogens is 368 g/mol. The van der Waals surface area contributed by atoms with Crippen molar-refractivity contribution < 1.29 is 9.59 Å². The molecule has 0 N–H and O–H groups in total. The standard InChI is InChI=1S/C28H46O2/c1-2-3-4-5-6-7-8-9-10-11-12-13-14-15-16-17-21-24-27(29)25-28(30)26-22-19-18-20-23-26/h18-20,22-23H,2-17,21,24-25H2,1H3. The van der Waals surface area contributed by atoms with Crippen molar-refractivity contribution >= 4 is 11.6 Å². The van der Waals surface area contributed by atoms with Gasteiger partial charge in [0.05, 0.1) is 6.42 Å². The second-order valence-corrected chi connectivity index (χ2v) is 8.91. The number of ketones is 2. The van der Waals surface area contributed by atoms with Crippen LogP contribution < -0.4 is 0 Å². The van der Waals surface area contributed by atoms with Gasteiger partial charge in [-0.15, -0.1) is 0 Å². The fourth-order valence-electron chi connectivity index (χ4n) is 4.04. The van der Waals surface area contributed by atoms with Crippen molar-refractivity contribution in [2.75, 3.05) is 0 Å². The lowest BCUT2D eigenvalue weighted by Gasteiger charge is -2.04. The Balaban J connectivity index is 1.80. The van der Waals surface area contributed by atoms with Gasteiger partial charge in [0.1, 0.15) is 5.78 Å². The molecule has 1 aromatic rings. The number of Topliss-reactive ketones (excluding diaryl/α,β-unsaturated/α-hetero) is 2. The van der Waals surface area contributed by atoms with Gasteiger partial charge in [-0.05, 0) is 6.42 Å². The highest BCUT2D eigenvalue weighted by atomic mass is 16.1. The van der Waals surface area contributed by atoms with Crippen LogP contribution in [0.2, 0.25) is 0 Å². The Hall–Kier alpha value is -1.44. The Morgan fingerprint density at radius 1 is 0.567 bits per heavy atom. The molecule has 0 aliphatic rings. The summed E-state index contributed by atoms with van der Waals surface area (Å²) in [6.45, 7) is 2.28. The van der Waals surface area contributed by atoms with E-state index in [1.165, 1.54) is 96.3 Å². The van der Waals surface area contributed by atoms with Gasteiger partial charge in [-0.1, -0.05) is 140 Å². The summed E-state index contributed by atoms with van der Waals surface area (Å²) in [4.78, 5) is 24.0. The number of carbonyl (C=O) groups excluding carboxylic acids is 2. The summed E-state index contributed by atoms with van der Waals surface area (Å²) in [6, 6.07) is 9.13. The molecule has 1 rings (SSSR count). The van der Waals surface area contributed by atoms with Crippen molar-refractivity contribution in [1.82, 2.24) is 0 Å². The van der Waals surface area contributed by atoms with Crippen LogP contribution >= 0.6 is 0 Å². The third-order valence-corrected chi connectivity index (χ3v) is 6.01. The van der Waals surface area contributed by atoms with E-state index < -0.39 is 0 Å². The van der Waals surface area contributed by atoms with E-state index in [-0.39, 0.29) is 18.0 Å². The molecule has 0 unspecified atom stereocenters. The van der Waals surface area contributed by atoms with Crippen LogP contribution in [0.4, 0.5) is 0 Å². The molecule has 0 aliphatic carbocycles. The molecule has 2 nitrogen and oxygen atoms in total. The maximum atomic E-state index is 12.0. The van der Waals surface area contributed by atoms with Gasteiger partial charge in [-0.25, -0.2) is 0 Å². The lowest BCUT2D eigenvalue weighted by atomic mass is 10.0. The molecule has 2 heteroatoms. The van der Waals surface area contributed by atoms with Gasteiger partial charge in [0.25, 0.3) is 0 Å². The molecule has 0 fully saturated rings. The lowest BCUT2D eigenvalue weighted by Crippen LogP contribution is -2.07. The second kappa shape index (κ2) is 19.5. The van der Waals surface area contributed by atoms with Crippen molar-refractivity contribution in [3.63, 3.8) is 0 Å². The van der Waals surface area contributed by atoms with Crippen LogP contribution in [-0.2, 0) is 4.79 Å². The first-order chi connectivity index (χ1) is 14.7. The van der Waals surface area contributed by atoms with Gasteiger partial charge in [-0.3, -0.25) is 9.59 Å². The molecule has 170 valence electrons. The molecule has 0 aromatic heterocycles. The summed E-state index contributed by atoms with van der Waals surface area (Å²) >= 11 is 0. The van der Waals surface area contributed by atoms with Crippen LogP contribution in [0.15, 0.2) is 30.3 Å². The molecule has 0 heterocycles. The molecule has 0 aliphatic heterocycles. The molecule has 0 radical (unpaired) electrons. The number of hydrogen-bond donors (Lipinski definition) is 0. The van der Waals surface area contributed by atoms with Crippen molar-refractivity contribution in [3.8, 4) is 0 Å². The van der Waals surface area contributed by atoms with Gasteiger partial charge in [0, 0.05) is 12.0 Å². The smallest absolute Gasteiger partial charge is 0.170 e. The maximum Gasteiger partial charge on any atom is 0.170 e. The SMILES string of the molecule is CCCCCCCCCCCCCCCCCCCC(=O)CC(=O)c1ccccc1. The average Bonchev–Trinajstić information content (AvgIpc) is 2.76. The van der Waals surface area contributed by atoms with E-state index in [0.29, 0.717) is 12.0 Å². The lowest BCUT2D eigenvalue weighted by molar-refractivity contribution is -0.118. The van der Waals surface area contributed by atoms with Gasteiger partial charge >= 0.3 is 0 Å². The van der Waals surface area contributed by atoms with Gasteiger partial charge in [0.15, 0.2) is 5.78 Å². The summed E-state index contributed by atoms with van der Waals surface area (Å²) in [5, 5.41) is 0. The number of benzene rings is 1. The zero-order chi connectivity index (χ0) is 21.7. The van der Waals surface area contributed by atoms with E-state index in [4.69, 9.17) is 0 Å². The molecule has 0 atom stereocenters. The highest BCUT2D eigenvalue weighted by molar-refractivity contribution is 6.07. The predicted molar refractivity (Wildman–Crippen MR) is 129 cm³/mol. The average molecular weight is 415 g/mol. The quantitative estimate of drug-likeness (QED) is 0.114. The van der Waals surface area contributed by atoms with E-state index in [2.05, 4.69) is 6.92 Å². The molecule has 0 saturated heterocycles. The van der Waals surface area contributed by atoms with Crippen LogP contribution in [0, 0.1) is 0 Å². The van der Waals surface area contributed by atoms with Crippen LogP contribution in [0.3, 0.4) is 0 Å². The van der Waals surface area contributed by atoms with Crippen molar-refractivity contribution in [3.05, 3.63) is 35.9 Å². The van der Waals surface area contributed by atoms with E-state index in [9.17, 15) is 9.59 Å². The van der Waals surface area contributed by atoms with E-state index >= 15 is 0 Å². The van der Waals surface area contributed by atoms with Crippen LogP contribution in [-0.4, -0.2) is 11.6 Å². The summed E-state index contributed by atoms with van der Waals surface area (Å²) in [5.74, 6) is 0.0392. The topological polar surface area (TPSA) is 34.1 Å². The Labute approximate surface area is 186 Å². The zero-order valence-electron chi connectivity index (χ0n) is 19.6. The Morgan fingerprint density at radius 2 is 0.967 bits per heavy atom. The van der Waals surface area contributed by atoms with Gasteiger partial charge in [-0.2, -0.15) is 0 Å². The van der Waals surface area contributed by atoms with E-state index in [1.807, 2.05) is 18.2 Å². The van der Waals surface area contributed by atoms with Crippen molar-refractivity contribution in [2.45, 2.75) is 129 Å². The highest BCUT2D eigenvalue weighted by Crippen LogP contribution is 2.14. The molecule has 30 heavy (non-hydrogen) atoms. The summed E-state index contributed by atoms with van der Waals surface area (Å²) in [5.41, 5.74) is 0.647. The Kier molecular flexibility index (Phi) is 17.3. The largest absolute Gasteiger partial charge is 0.299 e. The van der Waals surface area contributed by atoms with Gasteiger partial charge in [0.2, 0.25) is 0 Å². The molecule has 0 amide bonds. The number of carbonyl (C=O) groups is 2. The number of rotatable bonds is 21. The number of unbranched alkanes of at least 4 members (excludes halogenated alkanes) is 16. The summed E-state index contributed by atoms with van der Waals surface area (Å²) in [7, 11) is 0. The minimum Gasteiger partial charge on any atom is -0.299 e. The first-order valence-electron chi connectivity index (χ1n) is 12.8. The highest BCUT2D eigenvalue weighted by Gasteiger charge is 2.10. The van der Waals surface area contributed by atoms with Crippen LogP contribution in [0.5, 0.6) is 0 Å². The molecule has 1 aromatic carbocycles. The van der Waals surface area contributed by atoms with E-state index in [0.717, 1.165) is 12.8 Å². The van der Waals surface area contributed by atoms with Crippen molar-refractivity contribution in [1.29, 1.82) is 0 Å². The maximum absolute atomic E-state index is 12.0. The van der Waals surface area contributed by atoms with E-state index in [1.54, 1.807) is 12.1 Å². The summed E-state index contributed by atoms with van der Waals surface area (Å²) < 4.78 is 0. The summed E-state index contributed by atoms with van der Waals surface area (Å²) in [6.07, 6.45) is 23.4. The third-order valence-electron chi connectivity index (χ3n) is 6.01. The third kappa shape index (κ3) is 15.4. The minimum atomic E-state index is -0.0485. The minimum absolute atomic E-state index is 0.0485. The van der Waals surface area contributed by atoms with Crippen LogP contribution in [0.1, 0.15) is 139 Å². The van der Waals surface area contributed by atoms with Crippen molar-refractivity contribution in [2.24, 2.45) is 0 Å². The normalized spacial score (nSPS) is 11.0. The molecular formula is C28H46O2. The first kappa shape index (κ1) is 26.6. The predicted octanol–water partition coefficient (Wildman–Crippen LogP) is 8.87. The van der Waals surface area contributed by atoms with Gasteiger partial charge < -0.3 is 0 Å². The fourth-order valence-corrected chi connectivity index (χ4v) is 4.04. The molecule has 0 saturated carbocycles. The molecule has 0 bridgehead atoms. The monoisotopic (exact) mass is 414 g/mol. The fraction of sp³-hybridized carbons (Fsp3) is 0.714. The Morgan fingerprint density at radius 3 is 1.40 bits per heavy atom. The zero-order valence-corrected chi connectivity index (χ0v) is 19.6. The Bertz CT molecular complexity index is 535. The number of hydrogen-bond acceptors (Lipinski definition) is 2. The van der Waals surface area contributed by atoms with Crippen LogP contribution in [0.25, 0.3) is 0 Å².